The molecule has 2 heterocycles. The highest BCUT2D eigenvalue weighted by molar-refractivity contribution is 5.86. The Morgan fingerprint density at radius 2 is 2.26 bits per heavy atom. The fourth-order valence-electron chi connectivity index (χ4n) is 2.23. The van der Waals surface area contributed by atoms with E-state index in [4.69, 9.17) is 5.11 Å². The molecule has 98 valence electrons. The molecule has 1 N–H and O–H groups in total. The zero-order valence-electron chi connectivity index (χ0n) is 10.6. The van der Waals surface area contributed by atoms with Crippen molar-refractivity contribution in [3.8, 4) is 0 Å². The number of carbonyl (C=O) groups is 1. The van der Waals surface area contributed by atoms with Crippen molar-refractivity contribution in [1.82, 2.24) is 20.0 Å². The summed E-state index contributed by atoms with van der Waals surface area (Å²) in [7, 11) is 0. The van der Waals surface area contributed by atoms with E-state index >= 15 is 0 Å². The lowest BCUT2D eigenvalue weighted by Gasteiger charge is -2.06. The number of carboxylic acids is 1. The molecule has 1 aliphatic carbocycles. The van der Waals surface area contributed by atoms with Crippen LogP contribution in [0.5, 0.6) is 0 Å². The third-order valence-electron chi connectivity index (χ3n) is 3.20. The van der Waals surface area contributed by atoms with Crippen molar-refractivity contribution in [2.45, 2.75) is 32.2 Å². The Morgan fingerprint density at radius 1 is 1.47 bits per heavy atom. The second-order valence-corrected chi connectivity index (χ2v) is 4.93. The molecule has 1 aliphatic rings. The average Bonchev–Trinajstić information content (AvgIpc) is 3.11. The summed E-state index contributed by atoms with van der Waals surface area (Å²) in [6, 6.07) is 2.02. The summed E-state index contributed by atoms with van der Waals surface area (Å²) in [6.07, 6.45) is 5.58. The maximum Gasteiger partial charge on any atom is 0.358 e. The second kappa shape index (κ2) is 4.46. The number of carboxylic acid groups (broad SMARTS) is 1. The lowest BCUT2D eigenvalue weighted by atomic mass is 10.2. The Bertz CT molecular complexity index is 631. The van der Waals surface area contributed by atoms with Crippen molar-refractivity contribution in [1.29, 1.82) is 0 Å². The van der Waals surface area contributed by atoms with Gasteiger partial charge in [0.25, 0.3) is 0 Å². The number of aromatic carboxylic acids is 1. The highest BCUT2D eigenvalue weighted by atomic mass is 16.4. The standard InChI is InChI=1S/C13H14N4O2/c1-8-4-9(6-14-5-8)7-17-12(10-2-3-10)11(13(18)19)15-16-17/h4-6,10H,2-3,7H2,1H3,(H,18,19). The third-order valence-corrected chi connectivity index (χ3v) is 3.20. The summed E-state index contributed by atoms with van der Waals surface area (Å²) < 4.78 is 1.69. The Balaban J connectivity index is 1.94. The van der Waals surface area contributed by atoms with Crippen LogP contribution in [-0.4, -0.2) is 31.1 Å². The molecule has 0 bridgehead atoms. The molecule has 2 aromatic rings. The summed E-state index contributed by atoms with van der Waals surface area (Å²) in [5.41, 5.74) is 2.91. The van der Waals surface area contributed by atoms with Crippen molar-refractivity contribution in [3.05, 3.63) is 41.0 Å². The predicted octanol–water partition coefficient (Wildman–Crippen LogP) is 1.61. The quantitative estimate of drug-likeness (QED) is 0.901. The van der Waals surface area contributed by atoms with Crippen molar-refractivity contribution in [2.24, 2.45) is 0 Å². The average molecular weight is 258 g/mol. The van der Waals surface area contributed by atoms with Gasteiger partial charge in [0.15, 0.2) is 5.69 Å². The number of hydrogen-bond donors (Lipinski definition) is 1. The molecule has 1 saturated carbocycles. The maximum absolute atomic E-state index is 11.1. The molecule has 3 rings (SSSR count). The van der Waals surface area contributed by atoms with Gasteiger partial charge in [-0.1, -0.05) is 11.3 Å². The van der Waals surface area contributed by atoms with Gasteiger partial charge in [-0.3, -0.25) is 4.98 Å². The lowest BCUT2D eigenvalue weighted by molar-refractivity contribution is 0.0689. The predicted molar refractivity (Wildman–Crippen MR) is 67.0 cm³/mol. The molecule has 0 aromatic carbocycles. The van der Waals surface area contributed by atoms with Gasteiger partial charge in [-0.05, 0) is 30.9 Å². The van der Waals surface area contributed by atoms with Crippen LogP contribution in [0.4, 0.5) is 0 Å². The number of aryl methyl sites for hydroxylation is 1. The number of aromatic nitrogens is 4. The SMILES string of the molecule is Cc1cncc(Cn2nnc(C(=O)O)c2C2CC2)c1. The first-order valence-electron chi connectivity index (χ1n) is 6.22. The van der Waals surface area contributed by atoms with E-state index in [-0.39, 0.29) is 5.69 Å². The van der Waals surface area contributed by atoms with Gasteiger partial charge in [-0.2, -0.15) is 0 Å². The first-order valence-corrected chi connectivity index (χ1v) is 6.22. The zero-order chi connectivity index (χ0) is 13.4. The number of rotatable bonds is 4. The highest BCUT2D eigenvalue weighted by Crippen LogP contribution is 2.41. The Kier molecular flexibility index (Phi) is 2.77. The van der Waals surface area contributed by atoms with E-state index in [0.717, 1.165) is 29.7 Å². The second-order valence-electron chi connectivity index (χ2n) is 4.93. The van der Waals surface area contributed by atoms with E-state index in [1.165, 1.54) is 0 Å². The molecule has 1 fully saturated rings. The van der Waals surface area contributed by atoms with Gasteiger partial charge in [0, 0.05) is 18.3 Å². The van der Waals surface area contributed by atoms with E-state index < -0.39 is 5.97 Å². The van der Waals surface area contributed by atoms with Crippen LogP contribution in [0.1, 0.15) is 46.1 Å². The maximum atomic E-state index is 11.1. The first kappa shape index (κ1) is 11.8. The summed E-state index contributed by atoms with van der Waals surface area (Å²) in [5, 5.41) is 16.9. The number of hydrogen-bond acceptors (Lipinski definition) is 4. The van der Waals surface area contributed by atoms with Crippen molar-refractivity contribution < 1.29 is 9.90 Å². The molecule has 0 amide bonds. The van der Waals surface area contributed by atoms with Gasteiger partial charge in [0.2, 0.25) is 0 Å². The van der Waals surface area contributed by atoms with Crippen LogP contribution in [0.15, 0.2) is 18.5 Å². The molecule has 0 aliphatic heterocycles. The van der Waals surface area contributed by atoms with E-state index in [9.17, 15) is 4.79 Å². The monoisotopic (exact) mass is 258 g/mol. The van der Waals surface area contributed by atoms with Crippen LogP contribution in [0, 0.1) is 6.92 Å². The minimum atomic E-state index is -1.00. The minimum Gasteiger partial charge on any atom is -0.476 e. The fourth-order valence-corrected chi connectivity index (χ4v) is 2.23. The third kappa shape index (κ3) is 2.33. The molecule has 0 radical (unpaired) electrons. The van der Waals surface area contributed by atoms with Gasteiger partial charge in [-0.25, -0.2) is 9.48 Å². The molecule has 0 atom stereocenters. The van der Waals surface area contributed by atoms with Crippen molar-refractivity contribution in [2.75, 3.05) is 0 Å². The molecule has 0 unspecified atom stereocenters. The van der Waals surface area contributed by atoms with Crippen LogP contribution in [-0.2, 0) is 6.54 Å². The fraction of sp³-hybridized carbons (Fsp3) is 0.385. The van der Waals surface area contributed by atoms with Gasteiger partial charge in [0.05, 0.1) is 12.2 Å². The number of nitrogens with zero attached hydrogens (tertiary/aromatic N) is 4. The summed E-state index contributed by atoms with van der Waals surface area (Å²) >= 11 is 0. The van der Waals surface area contributed by atoms with E-state index in [0.29, 0.717) is 12.5 Å². The Morgan fingerprint density at radius 3 is 2.89 bits per heavy atom. The minimum absolute atomic E-state index is 0.0862. The van der Waals surface area contributed by atoms with Crippen LogP contribution in [0.2, 0.25) is 0 Å². The molecule has 0 saturated heterocycles. The molecular formula is C13H14N4O2. The van der Waals surface area contributed by atoms with Gasteiger partial charge < -0.3 is 5.11 Å². The summed E-state index contributed by atoms with van der Waals surface area (Å²) in [6.45, 7) is 2.49. The zero-order valence-corrected chi connectivity index (χ0v) is 10.6. The molecule has 19 heavy (non-hydrogen) atoms. The Labute approximate surface area is 110 Å². The van der Waals surface area contributed by atoms with E-state index in [1.807, 2.05) is 13.0 Å². The lowest BCUT2D eigenvalue weighted by Crippen LogP contribution is -2.08. The smallest absolute Gasteiger partial charge is 0.358 e. The van der Waals surface area contributed by atoms with Gasteiger partial charge in [-0.15, -0.1) is 5.10 Å². The summed E-state index contributed by atoms with van der Waals surface area (Å²) in [5.74, 6) is -0.714. The largest absolute Gasteiger partial charge is 0.476 e. The van der Waals surface area contributed by atoms with Crippen molar-refractivity contribution >= 4 is 5.97 Å². The van der Waals surface area contributed by atoms with E-state index in [2.05, 4.69) is 15.3 Å². The Hall–Kier alpha value is -2.24. The van der Waals surface area contributed by atoms with Crippen LogP contribution in [0.3, 0.4) is 0 Å². The number of pyridine rings is 1. The molecule has 6 heteroatoms. The molecule has 0 spiro atoms. The molecule has 6 nitrogen and oxygen atoms in total. The van der Waals surface area contributed by atoms with E-state index in [1.54, 1.807) is 17.1 Å². The normalized spacial score (nSPS) is 14.6. The van der Waals surface area contributed by atoms with Gasteiger partial charge in [0.1, 0.15) is 0 Å². The van der Waals surface area contributed by atoms with Crippen LogP contribution >= 0.6 is 0 Å². The van der Waals surface area contributed by atoms with Crippen LogP contribution < -0.4 is 0 Å². The first-order chi connectivity index (χ1) is 9.15. The summed E-state index contributed by atoms with van der Waals surface area (Å²) in [4.78, 5) is 15.3. The van der Waals surface area contributed by atoms with Crippen LogP contribution in [0.25, 0.3) is 0 Å². The highest BCUT2D eigenvalue weighted by Gasteiger charge is 2.33. The molecule has 2 aromatic heterocycles. The van der Waals surface area contributed by atoms with Crippen molar-refractivity contribution in [3.63, 3.8) is 0 Å². The molecular weight excluding hydrogens is 244 g/mol. The topological polar surface area (TPSA) is 80.9 Å². The van der Waals surface area contributed by atoms with Gasteiger partial charge >= 0.3 is 5.97 Å².